The van der Waals surface area contributed by atoms with Crippen molar-refractivity contribution in [2.24, 2.45) is 0 Å². The lowest BCUT2D eigenvalue weighted by Gasteiger charge is -2.13. The Kier molecular flexibility index (Phi) is 4.94. The van der Waals surface area contributed by atoms with Gasteiger partial charge in [-0.05, 0) is 36.3 Å². The highest BCUT2D eigenvalue weighted by Gasteiger charge is 2.13. The normalized spacial score (nSPS) is 12.3. The summed E-state index contributed by atoms with van der Waals surface area (Å²) >= 11 is 0. The second-order valence-electron chi connectivity index (χ2n) is 4.87. The maximum Gasteiger partial charge on any atom is 0.262 e. The highest BCUT2D eigenvalue weighted by atomic mass is 16.3. The molecule has 0 unspecified atom stereocenters. The van der Waals surface area contributed by atoms with Crippen LogP contribution in [0.25, 0.3) is 6.08 Å². The molecule has 110 valence electrons. The Balaban J connectivity index is 2.14. The summed E-state index contributed by atoms with van der Waals surface area (Å²) in [5.41, 5.74) is 1.55. The smallest absolute Gasteiger partial charge is 0.262 e. The second kappa shape index (κ2) is 7.09. The van der Waals surface area contributed by atoms with E-state index < -0.39 is 5.91 Å². The standard InChI is InChI=1S/C18H16N2O2/c1-13(15-7-3-2-4-8-15)20-18(22)16(12-19)10-14-6-5-9-17(21)11-14/h2-11,13,21H,1H3,(H,20,22)/b16-10+/t13-/m0/s1. The van der Waals surface area contributed by atoms with Crippen LogP contribution in [0.3, 0.4) is 0 Å². The minimum Gasteiger partial charge on any atom is -0.508 e. The average Bonchev–Trinajstić information content (AvgIpc) is 2.53. The molecule has 0 radical (unpaired) electrons. The van der Waals surface area contributed by atoms with Crippen LogP contribution in [0.2, 0.25) is 0 Å². The molecule has 1 amide bonds. The first-order chi connectivity index (χ1) is 10.6. The number of nitrogens with zero attached hydrogens (tertiary/aromatic N) is 1. The Morgan fingerprint density at radius 2 is 1.95 bits per heavy atom. The van der Waals surface area contributed by atoms with Gasteiger partial charge in [0.2, 0.25) is 0 Å². The number of nitrogens with one attached hydrogen (secondary N) is 1. The minimum atomic E-state index is -0.442. The maximum absolute atomic E-state index is 12.2. The van der Waals surface area contributed by atoms with E-state index in [1.165, 1.54) is 18.2 Å². The van der Waals surface area contributed by atoms with E-state index in [2.05, 4.69) is 5.32 Å². The van der Waals surface area contributed by atoms with Crippen LogP contribution in [0.4, 0.5) is 0 Å². The molecule has 1 atom stereocenters. The Bertz CT molecular complexity index is 730. The zero-order valence-corrected chi connectivity index (χ0v) is 12.2. The van der Waals surface area contributed by atoms with Crippen molar-refractivity contribution in [1.29, 1.82) is 5.26 Å². The van der Waals surface area contributed by atoms with Crippen molar-refractivity contribution < 1.29 is 9.90 Å². The van der Waals surface area contributed by atoms with Gasteiger partial charge < -0.3 is 10.4 Å². The van der Waals surface area contributed by atoms with Crippen LogP contribution in [-0.4, -0.2) is 11.0 Å². The molecule has 0 saturated heterocycles. The third kappa shape index (κ3) is 3.97. The molecule has 2 aromatic carbocycles. The van der Waals surface area contributed by atoms with Gasteiger partial charge in [-0.25, -0.2) is 0 Å². The molecule has 2 rings (SSSR count). The summed E-state index contributed by atoms with van der Waals surface area (Å²) in [5.74, 6) is -0.355. The number of benzene rings is 2. The molecule has 0 aliphatic heterocycles. The van der Waals surface area contributed by atoms with Crippen molar-refractivity contribution in [1.82, 2.24) is 5.32 Å². The van der Waals surface area contributed by atoms with Crippen LogP contribution >= 0.6 is 0 Å². The Morgan fingerprint density at radius 1 is 1.23 bits per heavy atom. The van der Waals surface area contributed by atoms with Gasteiger partial charge in [0.1, 0.15) is 17.4 Å². The molecule has 0 aliphatic rings. The fourth-order valence-corrected chi connectivity index (χ4v) is 2.03. The third-order valence-corrected chi connectivity index (χ3v) is 3.19. The van der Waals surface area contributed by atoms with E-state index in [0.717, 1.165) is 5.56 Å². The molecule has 0 saturated carbocycles. The third-order valence-electron chi connectivity index (χ3n) is 3.19. The van der Waals surface area contributed by atoms with Gasteiger partial charge in [0.15, 0.2) is 0 Å². The summed E-state index contributed by atoms with van der Waals surface area (Å²) in [6.07, 6.45) is 1.45. The predicted molar refractivity (Wildman–Crippen MR) is 84.7 cm³/mol. The predicted octanol–water partition coefficient (Wildman–Crippen LogP) is 3.18. The van der Waals surface area contributed by atoms with Crippen molar-refractivity contribution in [3.05, 3.63) is 71.3 Å². The minimum absolute atomic E-state index is 0.00613. The number of rotatable bonds is 4. The highest BCUT2D eigenvalue weighted by Crippen LogP contribution is 2.15. The number of aromatic hydroxyl groups is 1. The topological polar surface area (TPSA) is 73.1 Å². The van der Waals surface area contributed by atoms with E-state index in [0.29, 0.717) is 5.56 Å². The lowest BCUT2D eigenvalue weighted by atomic mass is 10.1. The number of amides is 1. The van der Waals surface area contributed by atoms with Crippen LogP contribution in [0.5, 0.6) is 5.75 Å². The fraction of sp³-hybridized carbons (Fsp3) is 0.111. The van der Waals surface area contributed by atoms with E-state index in [1.807, 2.05) is 43.3 Å². The summed E-state index contributed by atoms with van der Waals surface area (Å²) in [6.45, 7) is 1.86. The Hall–Kier alpha value is -3.06. The molecular weight excluding hydrogens is 276 g/mol. The molecule has 0 fully saturated rings. The lowest BCUT2D eigenvalue weighted by molar-refractivity contribution is -0.117. The summed E-state index contributed by atoms with van der Waals surface area (Å²) in [7, 11) is 0. The van der Waals surface area contributed by atoms with Gasteiger partial charge in [-0.2, -0.15) is 5.26 Å². The largest absolute Gasteiger partial charge is 0.508 e. The van der Waals surface area contributed by atoms with Crippen molar-refractivity contribution >= 4 is 12.0 Å². The lowest BCUT2D eigenvalue weighted by Crippen LogP contribution is -2.27. The van der Waals surface area contributed by atoms with Crippen molar-refractivity contribution in [3.63, 3.8) is 0 Å². The molecular formula is C18H16N2O2. The van der Waals surface area contributed by atoms with Crippen LogP contribution in [0, 0.1) is 11.3 Å². The van der Waals surface area contributed by atoms with Crippen molar-refractivity contribution in [3.8, 4) is 11.8 Å². The van der Waals surface area contributed by atoms with E-state index in [1.54, 1.807) is 12.1 Å². The number of hydrogen-bond acceptors (Lipinski definition) is 3. The molecule has 2 N–H and O–H groups in total. The van der Waals surface area contributed by atoms with Gasteiger partial charge in [-0.3, -0.25) is 4.79 Å². The van der Waals surface area contributed by atoms with E-state index >= 15 is 0 Å². The van der Waals surface area contributed by atoms with Crippen molar-refractivity contribution in [2.75, 3.05) is 0 Å². The van der Waals surface area contributed by atoms with E-state index in [4.69, 9.17) is 5.26 Å². The van der Waals surface area contributed by atoms with E-state index in [9.17, 15) is 9.90 Å². The number of hydrogen-bond donors (Lipinski definition) is 2. The average molecular weight is 292 g/mol. The Morgan fingerprint density at radius 3 is 2.59 bits per heavy atom. The molecule has 0 aromatic heterocycles. The summed E-state index contributed by atoms with van der Waals surface area (Å²) in [6, 6.07) is 17.6. The van der Waals surface area contributed by atoms with Crippen LogP contribution in [0.15, 0.2) is 60.2 Å². The molecule has 0 aliphatic carbocycles. The zero-order chi connectivity index (χ0) is 15.9. The van der Waals surface area contributed by atoms with Gasteiger partial charge in [0.05, 0.1) is 6.04 Å². The molecule has 2 aromatic rings. The molecule has 0 bridgehead atoms. The fourth-order valence-electron chi connectivity index (χ4n) is 2.03. The Labute approximate surface area is 129 Å². The van der Waals surface area contributed by atoms with Gasteiger partial charge in [-0.15, -0.1) is 0 Å². The number of carbonyl (C=O) groups is 1. The van der Waals surface area contributed by atoms with Crippen LogP contribution < -0.4 is 5.32 Å². The zero-order valence-electron chi connectivity index (χ0n) is 12.2. The summed E-state index contributed by atoms with van der Waals surface area (Å²) in [4.78, 5) is 12.2. The number of carbonyl (C=O) groups excluding carboxylic acids is 1. The first-order valence-corrected chi connectivity index (χ1v) is 6.87. The van der Waals surface area contributed by atoms with Crippen LogP contribution in [-0.2, 0) is 4.79 Å². The second-order valence-corrected chi connectivity index (χ2v) is 4.87. The first-order valence-electron chi connectivity index (χ1n) is 6.87. The molecule has 0 spiro atoms. The number of nitriles is 1. The summed E-state index contributed by atoms with van der Waals surface area (Å²) in [5, 5.41) is 21.4. The molecule has 4 nitrogen and oxygen atoms in total. The monoisotopic (exact) mass is 292 g/mol. The highest BCUT2D eigenvalue weighted by molar-refractivity contribution is 6.01. The van der Waals surface area contributed by atoms with Gasteiger partial charge in [0, 0.05) is 0 Å². The van der Waals surface area contributed by atoms with Crippen LogP contribution in [0.1, 0.15) is 24.1 Å². The van der Waals surface area contributed by atoms with Gasteiger partial charge in [-0.1, -0.05) is 42.5 Å². The number of phenols is 1. The van der Waals surface area contributed by atoms with Gasteiger partial charge >= 0.3 is 0 Å². The molecule has 4 heteroatoms. The van der Waals surface area contributed by atoms with Gasteiger partial charge in [0.25, 0.3) is 5.91 Å². The van der Waals surface area contributed by atoms with Crippen molar-refractivity contribution in [2.45, 2.75) is 13.0 Å². The van der Waals surface area contributed by atoms with E-state index in [-0.39, 0.29) is 17.4 Å². The SMILES string of the molecule is C[C@H](NC(=O)/C(C#N)=C/c1cccc(O)c1)c1ccccc1. The summed E-state index contributed by atoms with van der Waals surface area (Å²) < 4.78 is 0. The first kappa shape index (κ1) is 15.3. The molecule has 22 heavy (non-hydrogen) atoms. The maximum atomic E-state index is 12.2. The quantitative estimate of drug-likeness (QED) is 0.671. The number of phenolic OH excluding ortho intramolecular Hbond substituents is 1. The molecule has 0 heterocycles.